The van der Waals surface area contributed by atoms with Gasteiger partial charge in [0.05, 0.1) is 17.0 Å². The Morgan fingerprint density at radius 2 is 1.57 bits per heavy atom. The first-order valence-electron chi connectivity index (χ1n) is 7.28. The van der Waals surface area contributed by atoms with E-state index in [9.17, 15) is 13.6 Å². The van der Waals surface area contributed by atoms with Gasteiger partial charge in [-0.1, -0.05) is 18.2 Å². The summed E-state index contributed by atoms with van der Waals surface area (Å²) >= 11 is 4.18. The number of anilines is 2. The molecule has 0 bridgehead atoms. The summed E-state index contributed by atoms with van der Waals surface area (Å²) in [5, 5.41) is 10.9. The van der Waals surface area contributed by atoms with Crippen molar-refractivity contribution < 1.29 is 19.7 Å². The van der Waals surface area contributed by atoms with Crippen molar-refractivity contribution in [3.8, 4) is 0 Å². The number of thiol groups is 1. The van der Waals surface area contributed by atoms with Crippen LogP contribution in [0.5, 0.6) is 0 Å². The quantitative estimate of drug-likeness (QED) is 0.330. The lowest BCUT2D eigenvalue weighted by Gasteiger charge is -2.13. The summed E-state index contributed by atoms with van der Waals surface area (Å²) in [5.74, 6) is -1.59. The van der Waals surface area contributed by atoms with E-state index in [1.54, 1.807) is 24.3 Å². The highest BCUT2D eigenvalue weighted by molar-refractivity contribution is 7.80. The van der Waals surface area contributed by atoms with E-state index in [1.165, 1.54) is 18.3 Å². The number of halogens is 2. The highest BCUT2D eigenvalue weighted by Crippen LogP contribution is 2.25. The van der Waals surface area contributed by atoms with Crippen LogP contribution in [0.2, 0.25) is 0 Å². The van der Waals surface area contributed by atoms with E-state index in [0.717, 1.165) is 12.1 Å². The molecule has 0 amide bonds. The molecule has 3 aromatic rings. The van der Waals surface area contributed by atoms with Gasteiger partial charge in [-0.05, 0) is 30.3 Å². The number of hydrogen-bond donors (Lipinski definition) is 5. The van der Waals surface area contributed by atoms with Crippen molar-refractivity contribution >= 4 is 29.7 Å². The van der Waals surface area contributed by atoms with Crippen molar-refractivity contribution in [2.75, 3.05) is 5.32 Å². The molecule has 0 radical (unpaired) electrons. The molecule has 1 heterocycles. The van der Waals surface area contributed by atoms with Crippen molar-refractivity contribution in [1.82, 2.24) is 11.1 Å². The zero-order valence-electron chi connectivity index (χ0n) is 14.5. The van der Waals surface area contributed by atoms with Crippen molar-refractivity contribution in [2.24, 2.45) is 0 Å². The van der Waals surface area contributed by atoms with Gasteiger partial charge in [0.15, 0.2) is 0 Å². The maximum absolute atomic E-state index is 13.9. The lowest BCUT2D eigenvalue weighted by Crippen LogP contribution is -2.20. The maximum atomic E-state index is 13.9. The number of para-hydroxylation sites is 1. The molecule has 0 spiro atoms. The minimum Gasteiger partial charge on any atom is -0.412 e. The SMILES string of the molecule is N.N=C(c1ccc(S)cc1)c1c(Nc2c(F)cccc2F)cc[nH]c1=O.O.O. The number of H-pyrrole nitrogens is 1. The first kappa shape index (κ1) is 24.9. The molecule has 10 heteroatoms. The van der Waals surface area contributed by atoms with E-state index in [2.05, 4.69) is 22.9 Å². The standard InChI is InChI=1S/C18H13F2N3OS.H3N.2H2O/c19-12-2-1-3-13(20)17(12)23-14-8-9-22-18(24)15(14)16(21)10-4-6-11(25)7-5-10;;;/h1-9,21,25H,(H2,22,23,24);1H3;2*1H2. The Balaban J connectivity index is 0.00000243. The number of pyridine rings is 1. The van der Waals surface area contributed by atoms with Crippen LogP contribution in [0.1, 0.15) is 11.1 Å². The number of rotatable bonds is 4. The molecule has 150 valence electrons. The van der Waals surface area contributed by atoms with Crippen LogP contribution in [0.3, 0.4) is 0 Å². The number of nitrogens with one attached hydrogen (secondary N) is 3. The van der Waals surface area contributed by atoms with Gasteiger partial charge in [0.2, 0.25) is 0 Å². The molecule has 0 fully saturated rings. The van der Waals surface area contributed by atoms with E-state index >= 15 is 0 Å². The zero-order valence-corrected chi connectivity index (χ0v) is 15.4. The summed E-state index contributed by atoms with van der Waals surface area (Å²) in [5.41, 5.74) is -0.402. The Morgan fingerprint density at radius 3 is 2.14 bits per heavy atom. The van der Waals surface area contributed by atoms with Gasteiger partial charge in [-0.15, -0.1) is 12.6 Å². The predicted molar refractivity (Wildman–Crippen MR) is 109 cm³/mol. The summed E-state index contributed by atoms with van der Waals surface area (Å²) in [4.78, 5) is 15.4. The Bertz CT molecular complexity index is 990. The molecule has 0 saturated heterocycles. The minimum atomic E-state index is -0.794. The molecular formula is C18H20F2N4O3S. The molecule has 28 heavy (non-hydrogen) atoms. The lowest BCUT2D eigenvalue weighted by atomic mass is 10.0. The van der Waals surface area contributed by atoms with Crippen LogP contribution in [-0.2, 0) is 0 Å². The molecule has 0 saturated carbocycles. The van der Waals surface area contributed by atoms with E-state index in [0.29, 0.717) is 10.5 Å². The van der Waals surface area contributed by atoms with Gasteiger partial charge in [-0.2, -0.15) is 0 Å². The second-order valence-electron chi connectivity index (χ2n) is 5.24. The third-order valence-corrected chi connectivity index (χ3v) is 3.89. The zero-order chi connectivity index (χ0) is 18.0. The second-order valence-corrected chi connectivity index (χ2v) is 5.76. The summed E-state index contributed by atoms with van der Waals surface area (Å²) < 4.78 is 27.8. The molecule has 0 unspecified atom stereocenters. The predicted octanol–water partition coefficient (Wildman–Crippen LogP) is 2.61. The van der Waals surface area contributed by atoms with Gasteiger partial charge in [0.1, 0.15) is 17.3 Å². The number of benzene rings is 2. The molecule has 0 atom stereocenters. The minimum absolute atomic E-state index is 0. The smallest absolute Gasteiger partial charge is 0.259 e. The van der Waals surface area contributed by atoms with Crippen LogP contribution >= 0.6 is 12.6 Å². The number of aromatic amines is 1. The maximum Gasteiger partial charge on any atom is 0.259 e. The van der Waals surface area contributed by atoms with Crippen LogP contribution in [0, 0.1) is 17.0 Å². The van der Waals surface area contributed by atoms with Gasteiger partial charge in [-0.3, -0.25) is 10.2 Å². The van der Waals surface area contributed by atoms with Gasteiger partial charge in [-0.25, -0.2) is 8.78 Å². The van der Waals surface area contributed by atoms with E-state index in [1.807, 2.05) is 0 Å². The Labute approximate surface area is 164 Å². The van der Waals surface area contributed by atoms with Crippen LogP contribution in [0.15, 0.2) is 64.4 Å². The summed E-state index contributed by atoms with van der Waals surface area (Å²) in [6, 6.07) is 11.6. The largest absolute Gasteiger partial charge is 0.412 e. The third kappa shape index (κ3) is 5.02. The van der Waals surface area contributed by atoms with E-state index in [4.69, 9.17) is 5.41 Å². The molecule has 7 nitrogen and oxygen atoms in total. The van der Waals surface area contributed by atoms with Crippen LogP contribution in [-0.4, -0.2) is 21.6 Å². The first-order valence-corrected chi connectivity index (χ1v) is 7.73. The molecule has 3 rings (SSSR count). The molecule has 2 aromatic carbocycles. The normalized spacial score (nSPS) is 9.39. The molecule has 0 aliphatic rings. The van der Waals surface area contributed by atoms with Crippen molar-refractivity contribution in [3.05, 3.63) is 87.8 Å². The van der Waals surface area contributed by atoms with E-state index < -0.39 is 17.2 Å². The van der Waals surface area contributed by atoms with Gasteiger partial charge < -0.3 is 27.4 Å². The average Bonchev–Trinajstić information content (AvgIpc) is 2.58. The van der Waals surface area contributed by atoms with Crippen molar-refractivity contribution in [3.63, 3.8) is 0 Å². The Kier molecular flexibility index (Phi) is 9.20. The van der Waals surface area contributed by atoms with Gasteiger partial charge >= 0.3 is 0 Å². The van der Waals surface area contributed by atoms with Crippen LogP contribution < -0.4 is 17.0 Å². The van der Waals surface area contributed by atoms with E-state index in [-0.39, 0.29) is 39.8 Å². The molecular weight excluding hydrogens is 390 g/mol. The highest BCUT2D eigenvalue weighted by Gasteiger charge is 2.17. The first-order chi connectivity index (χ1) is 12.0. The summed E-state index contributed by atoms with van der Waals surface area (Å²) in [6.07, 6.45) is 1.34. The summed E-state index contributed by atoms with van der Waals surface area (Å²) in [7, 11) is 0. The van der Waals surface area contributed by atoms with Crippen molar-refractivity contribution in [1.29, 1.82) is 5.41 Å². The third-order valence-electron chi connectivity index (χ3n) is 3.59. The van der Waals surface area contributed by atoms with Gasteiger partial charge in [0, 0.05) is 16.7 Å². The second kappa shape index (κ2) is 10.3. The van der Waals surface area contributed by atoms with Crippen molar-refractivity contribution in [2.45, 2.75) is 4.90 Å². The molecule has 0 aliphatic carbocycles. The highest BCUT2D eigenvalue weighted by atomic mass is 32.1. The lowest BCUT2D eigenvalue weighted by molar-refractivity contribution is 0.591. The monoisotopic (exact) mass is 410 g/mol. The fraction of sp³-hybridized carbons (Fsp3) is 0. The molecule has 1 aromatic heterocycles. The summed E-state index contributed by atoms with van der Waals surface area (Å²) in [6.45, 7) is 0. The molecule has 0 aliphatic heterocycles. The fourth-order valence-electron chi connectivity index (χ4n) is 2.36. The van der Waals surface area contributed by atoms with Crippen LogP contribution in [0.25, 0.3) is 0 Å². The fourth-order valence-corrected chi connectivity index (χ4v) is 2.50. The Hall–Kier alpha value is -3.05. The Morgan fingerprint density at radius 1 is 1.00 bits per heavy atom. The van der Waals surface area contributed by atoms with Crippen LogP contribution in [0.4, 0.5) is 20.2 Å². The molecule has 10 N–H and O–H groups in total. The number of aromatic nitrogens is 1. The number of hydrogen-bond acceptors (Lipinski definition) is 5. The topological polar surface area (TPSA) is 167 Å². The van der Waals surface area contributed by atoms with Gasteiger partial charge in [0.25, 0.3) is 5.56 Å². The average molecular weight is 410 g/mol.